The van der Waals surface area contributed by atoms with Gasteiger partial charge in [0, 0.05) is 37.3 Å². The zero-order valence-electron chi connectivity index (χ0n) is 15.1. The van der Waals surface area contributed by atoms with Gasteiger partial charge in [0.2, 0.25) is 0 Å². The molecule has 134 valence electrons. The van der Waals surface area contributed by atoms with E-state index in [9.17, 15) is 4.79 Å². The maximum atomic E-state index is 12.8. The molecule has 3 atom stereocenters. The van der Waals surface area contributed by atoms with E-state index in [1.165, 1.54) is 18.4 Å². The summed E-state index contributed by atoms with van der Waals surface area (Å²) in [7, 11) is 1.98. The van der Waals surface area contributed by atoms with E-state index in [2.05, 4.69) is 11.0 Å². The van der Waals surface area contributed by atoms with E-state index in [0.717, 1.165) is 44.6 Å². The second-order valence-electron chi connectivity index (χ2n) is 7.67. The summed E-state index contributed by atoms with van der Waals surface area (Å²) in [6, 6.07) is 11.2. The molecule has 3 aliphatic rings. The van der Waals surface area contributed by atoms with E-state index in [1.807, 2.05) is 42.3 Å². The van der Waals surface area contributed by atoms with Crippen LogP contribution in [0.2, 0.25) is 0 Å². The summed E-state index contributed by atoms with van der Waals surface area (Å²) in [4.78, 5) is 17.4. The zero-order valence-corrected chi connectivity index (χ0v) is 15.1. The SMILES string of the molecule is CN(C(=O)c1ccccc1)C1C[C@H]2CC[C@@H](C1)N2CC1=CCCOC1. The Balaban J connectivity index is 1.41. The third kappa shape index (κ3) is 3.51. The Morgan fingerprint density at radius 3 is 2.56 bits per heavy atom. The van der Waals surface area contributed by atoms with Gasteiger partial charge in [0.25, 0.3) is 5.91 Å². The lowest BCUT2D eigenvalue weighted by Gasteiger charge is -2.42. The molecule has 1 aromatic rings. The van der Waals surface area contributed by atoms with Crippen molar-refractivity contribution in [1.82, 2.24) is 9.80 Å². The zero-order chi connectivity index (χ0) is 17.2. The summed E-state index contributed by atoms with van der Waals surface area (Å²) in [5.41, 5.74) is 2.24. The predicted molar refractivity (Wildman–Crippen MR) is 98.6 cm³/mol. The standard InChI is InChI=1S/C21H28N2O2/c1-22(21(24)17-7-3-2-4-8-17)20-12-18-9-10-19(13-20)23(18)14-16-6-5-11-25-15-16/h2-4,6-8,18-20H,5,9-15H2,1H3/t18-,19+,20?. The summed E-state index contributed by atoms with van der Waals surface area (Å²) in [6.07, 6.45) is 8.14. The summed E-state index contributed by atoms with van der Waals surface area (Å²) in [5.74, 6) is 0.154. The molecule has 4 heteroatoms. The number of rotatable bonds is 4. The van der Waals surface area contributed by atoms with E-state index in [4.69, 9.17) is 4.74 Å². The van der Waals surface area contributed by atoms with Crippen LogP contribution in [0.25, 0.3) is 0 Å². The average Bonchev–Trinajstić information content (AvgIpc) is 2.90. The van der Waals surface area contributed by atoms with Crippen LogP contribution in [0.1, 0.15) is 42.5 Å². The van der Waals surface area contributed by atoms with Gasteiger partial charge in [0.1, 0.15) is 0 Å². The van der Waals surface area contributed by atoms with Gasteiger partial charge in [0.15, 0.2) is 0 Å². The van der Waals surface area contributed by atoms with Crippen LogP contribution >= 0.6 is 0 Å². The number of fused-ring (bicyclic) bond motifs is 2. The van der Waals surface area contributed by atoms with Crippen molar-refractivity contribution in [1.29, 1.82) is 0 Å². The molecular weight excluding hydrogens is 312 g/mol. The van der Waals surface area contributed by atoms with Crippen LogP contribution in [0.5, 0.6) is 0 Å². The molecule has 0 saturated carbocycles. The van der Waals surface area contributed by atoms with Gasteiger partial charge < -0.3 is 9.64 Å². The minimum absolute atomic E-state index is 0.154. The molecule has 0 aromatic heterocycles. The molecule has 3 heterocycles. The first-order valence-electron chi connectivity index (χ1n) is 9.56. The quantitative estimate of drug-likeness (QED) is 0.790. The van der Waals surface area contributed by atoms with Crippen LogP contribution in [0.3, 0.4) is 0 Å². The number of hydrogen-bond acceptors (Lipinski definition) is 3. The maximum absolute atomic E-state index is 12.8. The summed E-state index contributed by atoms with van der Waals surface area (Å²) < 4.78 is 5.61. The molecule has 1 amide bonds. The van der Waals surface area contributed by atoms with E-state index < -0.39 is 0 Å². The number of nitrogens with zero attached hydrogens (tertiary/aromatic N) is 2. The largest absolute Gasteiger partial charge is 0.377 e. The van der Waals surface area contributed by atoms with Crippen molar-refractivity contribution in [3.05, 3.63) is 47.5 Å². The molecule has 0 spiro atoms. The van der Waals surface area contributed by atoms with Gasteiger partial charge in [-0.1, -0.05) is 24.3 Å². The van der Waals surface area contributed by atoms with Gasteiger partial charge in [-0.25, -0.2) is 0 Å². The fourth-order valence-corrected chi connectivity index (χ4v) is 4.72. The molecule has 0 N–H and O–H groups in total. The monoisotopic (exact) mass is 340 g/mol. The molecule has 1 aromatic carbocycles. The van der Waals surface area contributed by atoms with Crippen molar-refractivity contribution in [3.63, 3.8) is 0 Å². The Morgan fingerprint density at radius 2 is 1.92 bits per heavy atom. The Bertz CT molecular complexity index is 629. The molecule has 4 rings (SSSR count). The average molecular weight is 340 g/mol. The molecule has 4 nitrogen and oxygen atoms in total. The molecule has 2 saturated heterocycles. The maximum Gasteiger partial charge on any atom is 0.253 e. The molecule has 25 heavy (non-hydrogen) atoms. The van der Waals surface area contributed by atoms with Crippen molar-refractivity contribution in [3.8, 4) is 0 Å². The fraction of sp³-hybridized carbons (Fsp3) is 0.571. The summed E-state index contributed by atoms with van der Waals surface area (Å²) in [5, 5.41) is 0. The van der Waals surface area contributed by atoms with Gasteiger partial charge in [-0.2, -0.15) is 0 Å². The number of carbonyl (C=O) groups excluding carboxylic acids is 1. The smallest absolute Gasteiger partial charge is 0.253 e. The van der Waals surface area contributed by atoms with Crippen LogP contribution in [0.15, 0.2) is 42.0 Å². The Kier molecular flexibility index (Phi) is 4.91. The van der Waals surface area contributed by atoms with Gasteiger partial charge in [-0.15, -0.1) is 0 Å². The van der Waals surface area contributed by atoms with Gasteiger partial charge >= 0.3 is 0 Å². The van der Waals surface area contributed by atoms with Crippen LogP contribution < -0.4 is 0 Å². The van der Waals surface area contributed by atoms with Crippen molar-refractivity contribution in [2.75, 3.05) is 26.8 Å². The first-order chi connectivity index (χ1) is 12.2. The lowest BCUT2D eigenvalue weighted by molar-refractivity contribution is 0.0507. The lowest BCUT2D eigenvalue weighted by atomic mass is 9.94. The minimum Gasteiger partial charge on any atom is -0.377 e. The highest BCUT2D eigenvalue weighted by Crippen LogP contribution is 2.38. The topological polar surface area (TPSA) is 32.8 Å². The Hall–Kier alpha value is -1.65. The molecule has 0 aliphatic carbocycles. The number of carbonyl (C=O) groups is 1. The highest BCUT2D eigenvalue weighted by molar-refractivity contribution is 5.94. The lowest BCUT2D eigenvalue weighted by Crippen LogP contribution is -2.51. The Morgan fingerprint density at radius 1 is 1.20 bits per heavy atom. The van der Waals surface area contributed by atoms with Crippen molar-refractivity contribution in [2.45, 2.75) is 50.2 Å². The number of piperidine rings is 1. The summed E-state index contributed by atoms with van der Waals surface area (Å²) in [6.45, 7) is 2.72. The second-order valence-corrected chi connectivity index (χ2v) is 7.67. The number of amides is 1. The van der Waals surface area contributed by atoms with Gasteiger partial charge in [-0.3, -0.25) is 9.69 Å². The van der Waals surface area contributed by atoms with E-state index in [1.54, 1.807) is 0 Å². The van der Waals surface area contributed by atoms with Gasteiger partial charge in [-0.05, 0) is 49.8 Å². The van der Waals surface area contributed by atoms with E-state index in [0.29, 0.717) is 18.1 Å². The number of ether oxygens (including phenoxy) is 1. The predicted octanol–water partition coefficient (Wildman–Crippen LogP) is 3.10. The highest BCUT2D eigenvalue weighted by atomic mass is 16.5. The molecule has 2 fully saturated rings. The molecule has 0 radical (unpaired) electrons. The number of benzene rings is 1. The minimum atomic E-state index is 0.154. The van der Waals surface area contributed by atoms with Crippen LogP contribution in [-0.2, 0) is 4.74 Å². The van der Waals surface area contributed by atoms with E-state index >= 15 is 0 Å². The van der Waals surface area contributed by atoms with Crippen molar-refractivity contribution >= 4 is 5.91 Å². The van der Waals surface area contributed by atoms with Crippen molar-refractivity contribution in [2.24, 2.45) is 0 Å². The van der Waals surface area contributed by atoms with Crippen LogP contribution in [0.4, 0.5) is 0 Å². The summed E-state index contributed by atoms with van der Waals surface area (Å²) >= 11 is 0. The van der Waals surface area contributed by atoms with Crippen molar-refractivity contribution < 1.29 is 9.53 Å². The highest BCUT2D eigenvalue weighted by Gasteiger charge is 2.42. The molecular formula is C21H28N2O2. The molecule has 1 unspecified atom stereocenters. The normalized spacial score (nSPS) is 29.3. The second kappa shape index (κ2) is 7.30. The van der Waals surface area contributed by atoms with Gasteiger partial charge in [0.05, 0.1) is 13.2 Å². The first-order valence-corrected chi connectivity index (χ1v) is 9.56. The van der Waals surface area contributed by atoms with Crippen LogP contribution in [0, 0.1) is 0 Å². The number of hydrogen-bond donors (Lipinski definition) is 0. The first kappa shape index (κ1) is 16.8. The van der Waals surface area contributed by atoms with Crippen LogP contribution in [-0.4, -0.2) is 60.6 Å². The molecule has 3 aliphatic heterocycles. The Labute approximate surface area is 150 Å². The third-order valence-corrected chi connectivity index (χ3v) is 6.12. The third-order valence-electron chi connectivity index (χ3n) is 6.12. The fourth-order valence-electron chi connectivity index (χ4n) is 4.72. The van der Waals surface area contributed by atoms with E-state index in [-0.39, 0.29) is 5.91 Å². The molecule has 2 bridgehead atoms.